The Bertz CT molecular complexity index is 785. The molecule has 6 fully saturated rings. The molecular formula is C24H34O4. The normalized spacial score (nSPS) is 65.6. The summed E-state index contributed by atoms with van der Waals surface area (Å²) in [6.45, 7) is 4.38. The third kappa shape index (κ3) is 1.81. The second-order valence-corrected chi connectivity index (χ2v) is 11.6. The first-order valence-electron chi connectivity index (χ1n) is 11.4. The third-order valence-electron chi connectivity index (χ3n) is 11.0. The fraction of sp³-hybridized carbons (Fsp3) is 0.917. The SMILES string of the molecule is C[C@]12CCC3C(C1[C@@H]1C[C@@H]1[C@@]2(O)C#CCO)[C@H]1CC1[C@]1(O)C[C@@H](O)CC[C@]31C. The molecule has 4 N–H and O–H groups in total. The van der Waals surface area contributed by atoms with Crippen LogP contribution in [-0.4, -0.2) is 44.3 Å². The quantitative estimate of drug-likeness (QED) is 0.480. The fourth-order valence-electron chi connectivity index (χ4n) is 9.57. The van der Waals surface area contributed by atoms with E-state index in [1.54, 1.807) is 0 Å². The van der Waals surface area contributed by atoms with E-state index in [0.29, 0.717) is 41.9 Å². The fourth-order valence-corrected chi connectivity index (χ4v) is 9.57. The van der Waals surface area contributed by atoms with Crippen LogP contribution in [0.3, 0.4) is 0 Å². The Hall–Kier alpha value is -0.600. The average Bonchev–Trinajstić information content (AvgIpc) is 3.54. The Morgan fingerprint density at radius 3 is 2.39 bits per heavy atom. The number of hydrogen-bond donors (Lipinski definition) is 4. The Morgan fingerprint density at radius 2 is 1.64 bits per heavy atom. The molecule has 154 valence electrons. The largest absolute Gasteiger partial charge is 0.393 e. The van der Waals surface area contributed by atoms with E-state index < -0.39 is 11.2 Å². The van der Waals surface area contributed by atoms with Crippen molar-refractivity contribution in [1.82, 2.24) is 0 Å². The molecule has 0 radical (unpaired) electrons. The van der Waals surface area contributed by atoms with Gasteiger partial charge >= 0.3 is 0 Å². The van der Waals surface area contributed by atoms with Crippen LogP contribution in [0.1, 0.15) is 58.8 Å². The molecule has 6 rings (SSSR count). The van der Waals surface area contributed by atoms with Crippen molar-refractivity contribution in [2.24, 2.45) is 52.3 Å². The molecule has 4 heteroatoms. The Kier molecular flexibility index (Phi) is 3.36. The predicted octanol–water partition coefficient (Wildman–Crippen LogP) is 1.94. The van der Waals surface area contributed by atoms with E-state index in [4.69, 9.17) is 0 Å². The van der Waals surface area contributed by atoms with Gasteiger partial charge in [0, 0.05) is 17.8 Å². The summed E-state index contributed by atoms with van der Waals surface area (Å²) < 4.78 is 0. The first-order valence-corrected chi connectivity index (χ1v) is 11.4. The lowest BCUT2D eigenvalue weighted by molar-refractivity contribution is -0.233. The Balaban J connectivity index is 1.42. The van der Waals surface area contributed by atoms with Gasteiger partial charge in [-0.25, -0.2) is 0 Å². The molecule has 6 aliphatic rings. The highest BCUT2D eigenvalue weighted by atomic mass is 16.3. The number of aliphatic hydroxyl groups is 4. The lowest BCUT2D eigenvalue weighted by atomic mass is 9.42. The van der Waals surface area contributed by atoms with Crippen molar-refractivity contribution in [3.63, 3.8) is 0 Å². The van der Waals surface area contributed by atoms with Gasteiger partial charge in [0.25, 0.3) is 0 Å². The van der Waals surface area contributed by atoms with Gasteiger partial charge in [-0.3, -0.25) is 0 Å². The maximum Gasteiger partial charge on any atom is 0.134 e. The summed E-state index contributed by atoms with van der Waals surface area (Å²) in [6.07, 6.45) is 6.06. The van der Waals surface area contributed by atoms with Gasteiger partial charge in [-0.1, -0.05) is 25.7 Å². The highest BCUT2D eigenvalue weighted by molar-refractivity contribution is 5.36. The van der Waals surface area contributed by atoms with Crippen LogP contribution in [0.4, 0.5) is 0 Å². The molecule has 4 unspecified atom stereocenters. The minimum absolute atomic E-state index is 0.113. The van der Waals surface area contributed by atoms with Gasteiger partial charge in [-0.2, -0.15) is 0 Å². The lowest BCUT2D eigenvalue weighted by Crippen LogP contribution is -2.65. The summed E-state index contributed by atoms with van der Waals surface area (Å²) in [5, 5.41) is 43.1. The van der Waals surface area contributed by atoms with Crippen molar-refractivity contribution < 1.29 is 20.4 Å². The van der Waals surface area contributed by atoms with Crippen LogP contribution in [0, 0.1) is 64.1 Å². The van der Waals surface area contributed by atoms with E-state index in [0.717, 1.165) is 38.5 Å². The minimum Gasteiger partial charge on any atom is -0.393 e. The van der Waals surface area contributed by atoms with Crippen LogP contribution in [0.5, 0.6) is 0 Å². The summed E-state index contributed by atoms with van der Waals surface area (Å²) in [6, 6.07) is 0. The molecule has 0 aliphatic heterocycles. The molecule has 0 spiro atoms. The van der Waals surface area contributed by atoms with Gasteiger partial charge in [0.15, 0.2) is 0 Å². The van der Waals surface area contributed by atoms with E-state index in [-0.39, 0.29) is 29.5 Å². The van der Waals surface area contributed by atoms with Crippen molar-refractivity contribution in [2.75, 3.05) is 6.61 Å². The molecule has 0 aromatic carbocycles. The highest BCUT2D eigenvalue weighted by Crippen LogP contribution is 2.81. The van der Waals surface area contributed by atoms with Crippen molar-refractivity contribution in [1.29, 1.82) is 0 Å². The number of aliphatic hydroxyl groups excluding tert-OH is 2. The zero-order chi connectivity index (χ0) is 19.7. The van der Waals surface area contributed by atoms with Gasteiger partial charge in [0.2, 0.25) is 0 Å². The second-order valence-electron chi connectivity index (χ2n) is 11.6. The van der Waals surface area contributed by atoms with Crippen molar-refractivity contribution in [3.8, 4) is 11.8 Å². The van der Waals surface area contributed by atoms with Gasteiger partial charge in [0.1, 0.15) is 12.2 Å². The number of rotatable bonds is 0. The average molecular weight is 387 g/mol. The maximum atomic E-state index is 11.8. The smallest absolute Gasteiger partial charge is 0.134 e. The second kappa shape index (κ2) is 5.17. The molecular weight excluding hydrogens is 352 g/mol. The van der Waals surface area contributed by atoms with Gasteiger partial charge in [-0.05, 0) is 79.4 Å². The van der Waals surface area contributed by atoms with Gasteiger partial charge in [-0.15, -0.1) is 0 Å². The van der Waals surface area contributed by atoms with E-state index in [1.165, 1.54) is 0 Å². The summed E-state index contributed by atoms with van der Waals surface area (Å²) in [5.74, 6) is 9.14. The van der Waals surface area contributed by atoms with Crippen molar-refractivity contribution >= 4 is 0 Å². The molecule has 28 heavy (non-hydrogen) atoms. The first kappa shape index (κ1) is 18.2. The van der Waals surface area contributed by atoms with Crippen LogP contribution in [-0.2, 0) is 0 Å². The van der Waals surface area contributed by atoms with Crippen LogP contribution < -0.4 is 0 Å². The van der Waals surface area contributed by atoms with Crippen LogP contribution in [0.2, 0.25) is 0 Å². The zero-order valence-electron chi connectivity index (χ0n) is 17.1. The summed E-state index contributed by atoms with van der Waals surface area (Å²) in [7, 11) is 0. The molecule has 0 saturated heterocycles. The van der Waals surface area contributed by atoms with Gasteiger partial charge < -0.3 is 20.4 Å². The molecule has 0 bridgehead atoms. The van der Waals surface area contributed by atoms with Crippen LogP contribution in [0.25, 0.3) is 0 Å². The number of fused-ring (bicyclic) bond motifs is 10. The molecule has 0 heterocycles. The Morgan fingerprint density at radius 1 is 0.929 bits per heavy atom. The summed E-state index contributed by atoms with van der Waals surface area (Å²) >= 11 is 0. The predicted molar refractivity (Wildman–Crippen MR) is 104 cm³/mol. The summed E-state index contributed by atoms with van der Waals surface area (Å²) in [4.78, 5) is 0. The van der Waals surface area contributed by atoms with E-state index in [2.05, 4.69) is 25.7 Å². The third-order valence-corrected chi connectivity index (χ3v) is 11.0. The monoisotopic (exact) mass is 386 g/mol. The van der Waals surface area contributed by atoms with Crippen LogP contribution >= 0.6 is 0 Å². The molecule has 0 amide bonds. The maximum absolute atomic E-state index is 11.8. The lowest BCUT2D eigenvalue weighted by Gasteiger charge is -2.64. The first-order chi connectivity index (χ1) is 13.2. The summed E-state index contributed by atoms with van der Waals surface area (Å²) in [5.41, 5.74) is -1.98. The minimum atomic E-state index is -0.960. The van der Waals surface area contributed by atoms with Gasteiger partial charge in [0.05, 0.1) is 11.7 Å². The molecule has 12 atom stereocenters. The topological polar surface area (TPSA) is 80.9 Å². The van der Waals surface area contributed by atoms with E-state index >= 15 is 0 Å². The standard InChI is InChI=1S/C24H34O4/c1-21-7-4-13(26)12-24(21,28)17-10-14(17)19-16(21)5-8-22(2)20(19)15-11-18(15)23(22,27)6-3-9-25/h13-20,25-28H,4-5,7-12H2,1-2H3/t13-,14-,15+,16?,17?,18-,19?,20?,21+,22-,23-,24+/m0/s1. The van der Waals surface area contributed by atoms with Crippen molar-refractivity contribution in [2.45, 2.75) is 76.1 Å². The van der Waals surface area contributed by atoms with Crippen molar-refractivity contribution in [3.05, 3.63) is 0 Å². The molecule has 4 nitrogen and oxygen atoms in total. The molecule has 6 aliphatic carbocycles. The van der Waals surface area contributed by atoms with Crippen LogP contribution in [0.15, 0.2) is 0 Å². The van der Waals surface area contributed by atoms with E-state index in [1.807, 2.05) is 0 Å². The Labute approximate surface area is 167 Å². The molecule has 0 aromatic heterocycles. The molecule has 6 saturated carbocycles. The molecule has 0 aromatic rings. The number of hydrogen-bond acceptors (Lipinski definition) is 4. The zero-order valence-corrected chi connectivity index (χ0v) is 17.1. The van der Waals surface area contributed by atoms with E-state index in [9.17, 15) is 20.4 Å². The highest BCUT2D eigenvalue weighted by Gasteiger charge is 2.81.